The van der Waals surface area contributed by atoms with Crippen LogP contribution in [-0.2, 0) is 11.0 Å². The van der Waals surface area contributed by atoms with E-state index in [9.17, 15) is 27.2 Å². The fourth-order valence-electron chi connectivity index (χ4n) is 3.25. The Morgan fingerprint density at radius 2 is 1.76 bits per heavy atom. The average molecular weight is 440 g/mol. The molecule has 1 saturated heterocycles. The molecule has 10 heteroatoms. The highest BCUT2D eigenvalue weighted by Crippen LogP contribution is 2.32. The van der Waals surface area contributed by atoms with Gasteiger partial charge in [-0.05, 0) is 38.0 Å². The Balaban J connectivity index is 0.00000420. The molecule has 1 fully saturated rings. The molecular formula is C19H26ClF4N3O2. The van der Waals surface area contributed by atoms with Crippen molar-refractivity contribution in [3.05, 3.63) is 35.1 Å². The van der Waals surface area contributed by atoms with E-state index in [-0.39, 0.29) is 49.4 Å². The maximum absolute atomic E-state index is 13.8. The van der Waals surface area contributed by atoms with Crippen LogP contribution < -0.4 is 5.73 Å². The van der Waals surface area contributed by atoms with E-state index in [1.165, 1.54) is 4.90 Å². The minimum Gasteiger partial charge on any atom is -0.337 e. The van der Waals surface area contributed by atoms with E-state index in [4.69, 9.17) is 5.73 Å². The number of carbonyl (C=O) groups excluding carboxylic acids is 2. The Morgan fingerprint density at radius 3 is 2.21 bits per heavy atom. The van der Waals surface area contributed by atoms with Crippen LogP contribution in [0.15, 0.2) is 18.2 Å². The standard InChI is InChI=1S/C19H25F4N3O2.ClH/c1-11(2)15(24)17(28)25-7-8-26(18(3,4)10-25)16(27)12-5-6-13(14(20)9-12)19(21,22)23;/h5-6,9,11,15H,7-8,10,24H2,1-4H3;1H/t15-;/m0./s1. The van der Waals surface area contributed by atoms with Crippen molar-refractivity contribution in [2.45, 2.75) is 45.5 Å². The average Bonchev–Trinajstić information content (AvgIpc) is 2.57. The topological polar surface area (TPSA) is 66.6 Å². The molecule has 0 bridgehead atoms. The van der Waals surface area contributed by atoms with Crippen molar-refractivity contribution in [1.82, 2.24) is 9.80 Å². The number of nitrogens with two attached hydrogens (primary N) is 1. The van der Waals surface area contributed by atoms with E-state index >= 15 is 0 Å². The molecule has 0 aliphatic carbocycles. The molecule has 5 nitrogen and oxygen atoms in total. The third-order valence-corrected chi connectivity index (χ3v) is 4.98. The Morgan fingerprint density at radius 1 is 1.17 bits per heavy atom. The van der Waals surface area contributed by atoms with Crippen LogP contribution in [0.25, 0.3) is 0 Å². The first kappa shape index (κ1) is 25.2. The van der Waals surface area contributed by atoms with Crippen molar-refractivity contribution < 1.29 is 27.2 Å². The number of alkyl halides is 3. The van der Waals surface area contributed by atoms with Crippen molar-refractivity contribution >= 4 is 24.2 Å². The first-order valence-corrected chi connectivity index (χ1v) is 8.99. The van der Waals surface area contributed by atoms with Gasteiger partial charge in [0, 0.05) is 25.2 Å². The van der Waals surface area contributed by atoms with Crippen LogP contribution in [-0.4, -0.2) is 52.8 Å². The summed E-state index contributed by atoms with van der Waals surface area (Å²) >= 11 is 0. The van der Waals surface area contributed by atoms with Gasteiger partial charge in [-0.3, -0.25) is 9.59 Å². The summed E-state index contributed by atoms with van der Waals surface area (Å²) in [6, 6.07) is 1.49. The molecule has 0 saturated carbocycles. The molecule has 1 aromatic carbocycles. The van der Waals surface area contributed by atoms with Crippen molar-refractivity contribution in [3.8, 4) is 0 Å². The zero-order valence-electron chi connectivity index (χ0n) is 16.7. The highest BCUT2D eigenvalue weighted by atomic mass is 35.5. The van der Waals surface area contributed by atoms with Crippen LogP contribution in [0.5, 0.6) is 0 Å². The fraction of sp³-hybridized carbons (Fsp3) is 0.579. The lowest BCUT2D eigenvalue weighted by Gasteiger charge is -2.47. The predicted octanol–water partition coefficient (Wildman–Crippen LogP) is 3.31. The first-order chi connectivity index (χ1) is 12.8. The van der Waals surface area contributed by atoms with Crippen molar-refractivity contribution in [3.63, 3.8) is 0 Å². The number of rotatable bonds is 3. The van der Waals surface area contributed by atoms with E-state index in [1.807, 2.05) is 13.8 Å². The van der Waals surface area contributed by atoms with Crippen LogP contribution in [0.3, 0.4) is 0 Å². The number of piperazine rings is 1. The van der Waals surface area contributed by atoms with E-state index in [0.717, 1.165) is 6.07 Å². The number of amides is 2. The zero-order valence-corrected chi connectivity index (χ0v) is 17.5. The first-order valence-electron chi connectivity index (χ1n) is 8.99. The Labute approximate surface area is 173 Å². The maximum Gasteiger partial charge on any atom is 0.419 e. The van der Waals surface area contributed by atoms with Crippen molar-refractivity contribution in [2.24, 2.45) is 11.7 Å². The normalized spacial score (nSPS) is 17.7. The highest BCUT2D eigenvalue weighted by molar-refractivity contribution is 5.95. The lowest BCUT2D eigenvalue weighted by Crippen LogP contribution is -2.64. The second-order valence-electron chi connectivity index (χ2n) is 7.99. The summed E-state index contributed by atoms with van der Waals surface area (Å²) in [7, 11) is 0. The number of carbonyl (C=O) groups is 2. The van der Waals surface area contributed by atoms with E-state index in [1.54, 1.807) is 18.7 Å². The van der Waals surface area contributed by atoms with Crippen LogP contribution in [0.4, 0.5) is 17.6 Å². The van der Waals surface area contributed by atoms with Gasteiger partial charge < -0.3 is 15.5 Å². The summed E-state index contributed by atoms with van der Waals surface area (Å²) in [4.78, 5) is 28.3. The summed E-state index contributed by atoms with van der Waals surface area (Å²) in [5.74, 6) is -2.33. The minimum absolute atomic E-state index is 0. The van der Waals surface area contributed by atoms with Gasteiger partial charge in [-0.1, -0.05) is 13.8 Å². The third-order valence-electron chi connectivity index (χ3n) is 4.98. The van der Waals surface area contributed by atoms with Gasteiger partial charge in [0.25, 0.3) is 5.91 Å². The van der Waals surface area contributed by atoms with Gasteiger partial charge in [0.1, 0.15) is 5.82 Å². The summed E-state index contributed by atoms with van der Waals surface area (Å²) in [5.41, 5.74) is 3.55. The Kier molecular flexibility index (Phi) is 7.70. The summed E-state index contributed by atoms with van der Waals surface area (Å²) in [5, 5.41) is 0. The second kappa shape index (κ2) is 8.87. The molecule has 1 heterocycles. The number of halogens is 5. The van der Waals surface area contributed by atoms with Gasteiger partial charge >= 0.3 is 6.18 Å². The van der Waals surface area contributed by atoms with Crippen LogP contribution in [0.1, 0.15) is 43.6 Å². The molecule has 1 atom stereocenters. The zero-order chi connectivity index (χ0) is 21.4. The molecule has 2 rings (SSSR count). The van der Waals surface area contributed by atoms with Crippen LogP contribution >= 0.6 is 12.4 Å². The summed E-state index contributed by atoms with van der Waals surface area (Å²) in [6.45, 7) is 7.81. The molecule has 1 aliphatic heterocycles. The quantitative estimate of drug-likeness (QED) is 0.735. The molecule has 29 heavy (non-hydrogen) atoms. The van der Waals surface area contributed by atoms with Gasteiger partial charge in [-0.2, -0.15) is 13.2 Å². The molecule has 0 spiro atoms. The van der Waals surface area contributed by atoms with Crippen LogP contribution in [0.2, 0.25) is 0 Å². The van der Waals surface area contributed by atoms with Gasteiger partial charge in [-0.25, -0.2) is 4.39 Å². The largest absolute Gasteiger partial charge is 0.419 e. The molecule has 1 aromatic rings. The SMILES string of the molecule is CC(C)[C@H](N)C(=O)N1CCN(C(=O)c2ccc(C(F)(F)F)c(F)c2)C(C)(C)C1.Cl. The summed E-state index contributed by atoms with van der Waals surface area (Å²) in [6.07, 6.45) is -4.83. The van der Waals surface area contributed by atoms with Crippen molar-refractivity contribution in [2.75, 3.05) is 19.6 Å². The number of hydrogen-bond acceptors (Lipinski definition) is 3. The third kappa shape index (κ3) is 5.39. The lowest BCUT2D eigenvalue weighted by atomic mass is 9.95. The highest BCUT2D eigenvalue weighted by Gasteiger charge is 2.40. The molecule has 1 aliphatic rings. The van der Waals surface area contributed by atoms with Gasteiger partial charge in [0.15, 0.2) is 0 Å². The maximum atomic E-state index is 13.8. The van der Waals surface area contributed by atoms with Gasteiger partial charge in [0.2, 0.25) is 5.91 Å². The molecular weight excluding hydrogens is 414 g/mol. The van der Waals surface area contributed by atoms with Crippen LogP contribution in [0, 0.1) is 11.7 Å². The lowest BCUT2D eigenvalue weighted by molar-refractivity contribution is -0.140. The Hall–Kier alpha value is -1.87. The minimum atomic E-state index is -4.83. The number of benzene rings is 1. The van der Waals surface area contributed by atoms with E-state index < -0.39 is 35.0 Å². The Bertz CT molecular complexity index is 768. The molecule has 0 aromatic heterocycles. The molecule has 2 amide bonds. The van der Waals surface area contributed by atoms with E-state index in [2.05, 4.69) is 0 Å². The fourth-order valence-corrected chi connectivity index (χ4v) is 3.25. The number of hydrogen-bond donors (Lipinski definition) is 1. The molecule has 0 radical (unpaired) electrons. The smallest absolute Gasteiger partial charge is 0.337 e. The molecule has 2 N–H and O–H groups in total. The molecule has 164 valence electrons. The molecule has 0 unspecified atom stereocenters. The van der Waals surface area contributed by atoms with Crippen molar-refractivity contribution in [1.29, 1.82) is 0 Å². The van der Waals surface area contributed by atoms with Gasteiger partial charge in [-0.15, -0.1) is 12.4 Å². The number of nitrogens with zero attached hydrogens (tertiary/aromatic N) is 2. The monoisotopic (exact) mass is 439 g/mol. The van der Waals surface area contributed by atoms with Gasteiger partial charge in [0.05, 0.1) is 17.1 Å². The van der Waals surface area contributed by atoms with E-state index in [0.29, 0.717) is 12.1 Å². The second-order valence-corrected chi connectivity index (χ2v) is 7.99. The summed E-state index contributed by atoms with van der Waals surface area (Å²) < 4.78 is 52.0. The predicted molar refractivity (Wildman–Crippen MR) is 103 cm³/mol.